The zero-order chi connectivity index (χ0) is 15.2. The Balaban J connectivity index is 1.85. The molecule has 0 fully saturated rings. The number of hydrogen-bond acceptors (Lipinski definition) is 2. The normalized spacial score (nSPS) is 12.6. The lowest BCUT2D eigenvalue weighted by Gasteiger charge is -2.20. The van der Waals surface area contributed by atoms with Crippen molar-refractivity contribution in [3.63, 3.8) is 0 Å². The molecular formula is C17H20BrFN2. The minimum atomic E-state index is -0.151. The van der Waals surface area contributed by atoms with E-state index in [0.29, 0.717) is 6.54 Å². The maximum atomic E-state index is 13.6. The quantitative estimate of drug-likeness (QED) is 0.849. The van der Waals surface area contributed by atoms with E-state index in [1.165, 1.54) is 6.07 Å². The highest BCUT2D eigenvalue weighted by molar-refractivity contribution is 9.10. The third-order valence-corrected chi connectivity index (χ3v) is 4.05. The van der Waals surface area contributed by atoms with Crippen LogP contribution in [0.4, 0.5) is 4.39 Å². The van der Waals surface area contributed by atoms with E-state index in [1.54, 1.807) is 6.07 Å². The summed E-state index contributed by atoms with van der Waals surface area (Å²) in [5.74, 6) is -0.151. The smallest absolute Gasteiger partial charge is 0.127 e. The van der Waals surface area contributed by atoms with Crippen LogP contribution in [0.5, 0.6) is 0 Å². The van der Waals surface area contributed by atoms with E-state index in [1.807, 2.05) is 43.4 Å². The molecular weight excluding hydrogens is 331 g/mol. The molecule has 21 heavy (non-hydrogen) atoms. The molecule has 0 bridgehead atoms. The van der Waals surface area contributed by atoms with Gasteiger partial charge < -0.3 is 10.6 Å². The highest BCUT2D eigenvalue weighted by Crippen LogP contribution is 2.18. The van der Waals surface area contributed by atoms with Crippen molar-refractivity contribution in [2.45, 2.75) is 19.0 Å². The van der Waals surface area contributed by atoms with Crippen molar-refractivity contribution >= 4 is 15.9 Å². The van der Waals surface area contributed by atoms with Gasteiger partial charge in [-0.3, -0.25) is 0 Å². The molecule has 0 heterocycles. The van der Waals surface area contributed by atoms with Crippen LogP contribution in [0.2, 0.25) is 0 Å². The summed E-state index contributed by atoms with van der Waals surface area (Å²) in [5.41, 5.74) is 8.04. The number of hydrogen-bond donors (Lipinski definition) is 1. The summed E-state index contributed by atoms with van der Waals surface area (Å²) < 4.78 is 14.6. The zero-order valence-corrected chi connectivity index (χ0v) is 13.7. The van der Waals surface area contributed by atoms with E-state index in [-0.39, 0.29) is 11.9 Å². The third-order valence-electron chi connectivity index (χ3n) is 3.52. The lowest BCUT2D eigenvalue weighted by atomic mass is 10.0. The van der Waals surface area contributed by atoms with E-state index >= 15 is 0 Å². The molecule has 2 rings (SSSR count). The number of benzene rings is 2. The van der Waals surface area contributed by atoms with Gasteiger partial charge in [0.1, 0.15) is 5.82 Å². The Morgan fingerprint density at radius 3 is 2.48 bits per heavy atom. The molecule has 2 N–H and O–H groups in total. The van der Waals surface area contributed by atoms with Crippen molar-refractivity contribution in [3.8, 4) is 0 Å². The van der Waals surface area contributed by atoms with E-state index in [9.17, 15) is 4.39 Å². The average molecular weight is 351 g/mol. The van der Waals surface area contributed by atoms with Gasteiger partial charge in [0.15, 0.2) is 0 Å². The van der Waals surface area contributed by atoms with Gasteiger partial charge in [0.2, 0.25) is 0 Å². The predicted octanol–water partition coefficient (Wildman–Crippen LogP) is 4.11. The maximum Gasteiger partial charge on any atom is 0.127 e. The Morgan fingerprint density at radius 2 is 1.81 bits per heavy atom. The molecule has 2 nitrogen and oxygen atoms in total. The van der Waals surface area contributed by atoms with Crippen molar-refractivity contribution in [1.82, 2.24) is 4.90 Å². The highest BCUT2D eigenvalue weighted by atomic mass is 79.9. The summed E-state index contributed by atoms with van der Waals surface area (Å²) in [7, 11) is 1.99. The van der Waals surface area contributed by atoms with E-state index in [0.717, 1.165) is 28.6 Å². The van der Waals surface area contributed by atoms with Crippen LogP contribution < -0.4 is 5.73 Å². The number of nitrogens with two attached hydrogens (primary N) is 1. The van der Waals surface area contributed by atoms with E-state index < -0.39 is 0 Å². The molecule has 0 radical (unpaired) electrons. The van der Waals surface area contributed by atoms with Crippen LogP contribution >= 0.6 is 15.9 Å². The van der Waals surface area contributed by atoms with Crippen molar-refractivity contribution in [2.24, 2.45) is 5.73 Å². The zero-order valence-electron chi connectivity index (χ0n) is 12.1. The van der Waals surface area contributed by atoms with Crippen LogP contribution in [0.15, 0.2) is 53.0 Å². The summed E-state index contributed by atoms with van der Waals surface area (Å²) >= 11 is 3.42. The summed E-state index contributed by atoms with van der Waals surface area (Å²) in [4.78, 5) is 2.09. The first-order valence-electron chi connectivity index (χ1n) is 6.99. The minimum Gasteiger partial charge on any atom is -0.324 e. The van der Waals surface area contributed by atoms with Gasteiger partial charge in [-0.05, 0) is 43.8 Å². The Labute approximate surface area is 133 Å². The van der Waals surface area contributed by atoms with Crippen LogP contribution in [-0.2, 0) is 6.54 Å². The molecule has 2 aromatic carbocycles. The fraction of sp³-hybridized carbons (Fsp3) is 0.294. The monoisotopic (exact) mass is 350 g/mol. The Morgan fingerprint density at radius 1 is 1.14 bits per heavy atom. The SMILES string of the molecule is CN(CCC(N)c1ccc(Br)cc1)Cc1ccccc1F. The van der Waals surface area contributed by atoms with Crippen LogP contribution in [0.3, 0.4) is 0 Å². The Bertz CT molecular complexity index is 571. The van der Waals surface area contributed by atoms with Crippen LogP contribution in [0.1, 0.15) is 23.6 Å². The van der Waals surface area contributed by atoms with Gasteiger partial charge in [0, 0.05) is 22.6 Å². The van der Waals surface area contributed by atoms with Gasteiger partial charge in [-0.2, -0.15) is 0 Å². The third kappa shape index (κ3) is 4.92. The molecule has 112 valence electrons. The highest BCUT2D eigenvalue weighted by Gasteiger charge is 2.09. The lowest BCUT2D eigenvalue weighted by Crippen LogP contribution is -2.23. The summed E-state index contributed by atoms with van der Waals surface area (Å²) in [6.45, 7) is 1.42. The summed E-state index contributed by atoms with van der Waals surface area (Å²) in [5, 5.41) is 0. The van der Waals surface area contributed by atoms with E-state index in [4.69, 9.17) is 5.73 Å². The number of nitrogens with zero attached hydrogens (tertiary/aromatic N) is 1. The second-order valence-electron chi connectivity index (χ2n) is 5.28. The first kappa shape index (κ1) is 16.1. The standard InChI is InChI=1S/C17H20BrFN2/c1-21(12-14-4-2-3-5-16(14)19)11-10-17(20)13-6-8-15(18)9-7-13/h2-9,17H,10-12,20H2,1H3. The number of halogens is 2. The lowest BCUT2D eigenvalue weighted by molar-refractivity contribution is 0.307. The van der Waals surface area contributed by atoms with Gasteiger partial charge in [-0.1, -0.05) is 46.3 Å². The topological polar surface area (TPSA) is 29.3 Å². The molecule has 0 saturated heterocycles. The van der Waals surface area contributed by atoms with Gasteiger partial charge in [-0.15, -0.1) is 0 Å². The largest absolute Gasteiger partial charge is 0.324 e. The molecule has 1 atom stereocenters. The second kappa shape index (κ2) is 7.69. The van der Waals surface area contributed by atoms with Crippen molar-refractivity contribution in [3.05, 3.63) is 69.9 Å². The Hall–Kier alpha value is -1.23. The van der Waals surface area contributed by atoms with Gasteiger partial charge in [-0.25, -0.2) is 4.39 Å². The molecule has 0 aliphatic carbocycles. The molecule has 1 unspecified atom stereocenters. The minimum absolute atomic E-state index is 0.00108. The van der Waals surface area contributed by atoms with Crippen molar-refractivity contribution in [2.75, 3.05) is 13.6 Å². The van der Waals surface area contributed by atoms with Gasteiger partial charge in [0.25, 0.3) is 0 Å². The van der Waals surface area contributed by atoms with Gasteiger partial charge in [0.05, 0.1) is 0 Å². The van der Waals surface area contributed by atoms with Crippen molar-refractivity contribution < 1.29 is 4.39 Å². The van der Waals surface area contributed by atoms with Crippen LogP contribution in [0.25, 0.3) is 0 Å². The molecule has 0 aliphatic rings. The average Bonchev–Trinajstić information content (AvgIpc) is 2.48. The first-order chi connectivity index (χ1) is 10.1. The Kier molecular flexibility index (Phi) is 5.91. The first-order valence-corrected chi connectivity index (χ1v) is 7.78. The van der Waals surface area contributed by atoms with E-state index in [2.05, 4.69) is 20.8 Å². The molecule has 0 amide bonds. The maximum absolute atomic E-state index is 13.6. The molecule has 0 spiro atoms. The predicted molar refractivity (Wildman–Crippen MR) is 88.4 cm³/mol. The van der Waals surface area contributed by atoms with Gasteiger partial charge >= 0.3 is 0 Å². The molecule has 0 aromatic heterocycles. The van der Waals surface area contributed by atoms with Crippen LogP contribution in [-0.4, -0.2) is 18.5 Å². The summed E-state index contributed by atoms with van der Waals surface area (Å²) in [6, 6.07) is 15.0. The second-order valence-corrected chi connectivity index (χ2v) is 6.19. The van der Waals surface area contributed by atoms with Crippen molar-refractivity contribution in [1.29, 1.82) is 0 Å². The fourth-order valence-electron chi connectivity index (χ4n) is 2.23. The number of rotatable bonds is 6. The fourth-order valence-corrected chi connectivity index (χ4v) is 2.50. The van der Waals surface area contributed by atoms with Crippen LogP contribution in [0, 0.1) is 5.82 Å². The molecule has 0 aliphatic heterocycles. The molecule has 4 heteroatoms. The summed E-state index contributed by atoms with van der Waals surface area (Å²) in [6.07, 6.45) is 0.840. The molecule has 0 saturated carbocycles. The molecule has 2 aromatic rings.